The molecule has 0 fully saturated rings. The summed E-state index contributed by atoms with van der Waals surface area (Å²) in [6.45, 7) is 0. The minimum atomic E-state index is -1.17. The molecule has 0 saturated carbocycles. The molecule has 0 saturated heterocycles. The zero-order valence-corrected chi connectivity index (χ0v) is 77.9. The van der Waals surface area contributed by atoms with E-state index in [1.165, 1.54) is 6.07 Å². The van der Waals surface area contributed by atoms with Crippen LogP contribution in [0.1, 0.15) is 71.3 Å². The van der Waals surface area contributed by atoms with Crippen LogP contribution in [0.3, 0.4) is 0 Å². The van der Waals surface area contributed by atoms with Crippen molar-refractivity contribution in [2.45, 2.75) is 0 Å². The van der Waals surface area contributed by atoms with Crippen molar-refractivity contribution in [2.75, 3.05) is 0 Å². The molecule has 0 heterocycles. The number of hydrogen-bond acceptors (Lipinski definition) is 0. The summed E-state index contributed by atoms with van der Waals surface area (Å²) in [7, 11) is 0. The van der Waals surface area contributed by atoms with E-state index in [-0.39, 0.29) is 169 Å². The fourth-order valence-electron chi connectivity index (χ4n) is 21.9. The predicted octanol–water partition coefficient (Wildman–Crippen LogP) is 42.4. The maximum Gasteiger partial charge on any atom is 0.0636 e. The zero-order chi connectivity index (χ0) is 144. The lowest BCUT2D eigenvalue weighted by molar-refractivity contribution is 1.57. The van der Waals surface area contributed by atoms with Crippen LogP contribution in [-0.4, -0.2) is 0 Å². The average molecular weight is 1940 g/mol. The largest absolute Gasteiger partial charge is 0.0636 e. The van der Waals surface area contributed by atoms with Crippen molar-refractivity contribution in [1.29, 1.82) is 0 Å². The van der Waals surface area contributed by atoms with Gasteiger partial charge in [-0.2, -0.15) is 0 Å². The summed E-state index contributed by atoms with van der Waals surface area (Å²) in [5.41, 5.74) is -0.239. The molecule has 0 radical (unpaired) electrons. The molecule has 0 aliphatic rings. The maximum absolute atomic E-state index is 10.2. The van der Waals surface area contributed by atoms with E-state index in [0.717, 1.165) is 87.4 Å². The van der Waals surface area contributed by atoms with Crippen LogP contribution < -0.4 is 0 Å². The monoisotopic (exact) mass is 1940 g/mol. The molecule has 0 aliphatic heterocycles. The first kappa shape index (κ1) is 48.5. The standard InChI is InChI=1S/3C50H30/c3*1-2-8-31(9-3-1)38-28-39(30-40(29-38)42-24-20-36-18-16-32-10-6-12-34-22-26-45(42)49(36)47(32)34)41-14-4-5-15-43(41)44-25-21-37-19-17-33-11-7-13-35-23-27-46(44)50(37)48(33)35/h3*1-30H/i1D,2D,3D,4D,5D,6D,7D,8D,9D,11D,12D,13D,14D,15D,16D,17D,18D,19D,20D,21D,22D,23D,24D,25D,26D,27D,28D,29D,30D;6D,7D,11D,12D,13D,16D,17D,18D,19D,20D,21D,22D,23D,24D,25D,26D,27D;4D,5D,14D,15D,29D,30D. The van der Waals surface area contributed by atoms with Crippen molar-refractivity contribution in [3.63, 3.8) is 0 Å². The van der Waals surface area contributed by atoms with E-state index >= 15 is 0 Å². The van der Waals surface area contributed by atoms with E-state index in [0.29, 0.717) is 55.6 Å². The lowest BCUT2D eigenvalue weighted by atomic mass is 9.85. The smallest absolute Gasteiger partial charge is 0.0622 e. The average Bonchev–Trinajstić information content (AvgIpc) is 0.686. The molecule has 0 bridgehead atoms. The Morgan fingerprint density at radius 2 is 0.400 bits per heavy atom. The lowest BCUT2D eigenvalue weighted by Gasteiger charge is -2.18. The van der Waals surface area contributed by atoms with Gasteiger partial charge < -0.3 is 0 Å². The molecule has 0 atom stereocenters. The van der Waals surface area contributed by atoms with Gasteiger partial charge in [-0.25, -0.2) is 0 Å². The highest BCUT2D eigenvalue weighted by Gasteiger charge is 2.26. The fourth-order valence-corrected chi connectivity index (χ4v) is 21.9. The highest BCUT2D eigenvalue weighted by Crippen LogP contribution is 2.53. The number of benzene rings is 33. The third kappa shape index (κ3) is 13.6. The minimum Gasteiger partial charge on any atom is -0.0622 e. The summed E-state index contributed by atoms with van der Waals surface area (Å²) < 4.78 is 477. The Kier molecular flexibility index (Phi) is 11.0. The van der Waals surface area contributed by atoms with Gasteiger partial charge in [-0.15, -0.1) is 0 Å². The van der Waals surface area contributed by atoms with Gasteiger partial charge in [0, 0.05) is 0 Å². The van der Waals surface area contributed by atoms with Crippen LogP contribution in [0.4, 0.5) is 0 Å². The molecule has 0 heteroatoms. The first-order valence-electron chi connectivity index (χ1n) is 74.1. The molecular formula is C150H90. The Hall–Kier alpha value is -19.5. The summed E-state index contributed by atoms with van der Waals surface area (Å²) in [4.78, 5) is 0. The summed E-state index contributed by atoms with van der Waals surface area (Å²) in [5.74, 6) is 0. The molecule has 33 aromatic carbocycles. The number of rotatable bonds is 12. The quantitative estimate of drug-likeness (QED) is 0.107. The Bertz CT molecular complexity index is 14600. The van der Waals surface area contributed by atoms with Crippen LogP contribution in [0.25, 0.3) is 327 Å². The zero-order valence-electron chi connectivity index (χ0n) is 130. The molecule has 0 aliphatic carbocycles. The van der Waals surface area contributed by atoms with Crippen molar-refractivity contribution in [3.05, 3.63) is 545 Å². The third-order valence-corrected chi connectivity index (χ3v) is 28.6. The Morgan fingerprint density at radius 1 is 0.100 bits per heavy atom. The van der Waals surface area contributed by atoms with E-state index in [1.807, 2.05) is 97.1 Å². The van der Waals surface area contributed by atoms with Crippen molar-refractivity contribution >= 4 is 194 Å². The maximum atomic E-state index is 10.2. The molecular weight excluding hydrogens is 1800 g/mol. The van der Waals surface area contributed by atoms with Crippen molar-refractivity contribution in [2.24, 2.45) is 0 Å². The summed E-state index contributed by atoms with van der Waals surface area (Å²) >= 11 is 0. The van der Waals surface area contributed by atoms with Gasteiger partial charge in [0.25, 0.3) is 0 Å². The molecule has 690 valence electrons. The molecule has 0 nitrogen and oxygen atoms in total. The van der Waals surface area contributed by atoms with Gasteiger partial charge in [0.05, 0.1) is 71.3 Å². The molecule has 33 aromatic rings. The highest BCUT2D eigenvalue weighted by molar-refractivity contribution is 6.33. The van der Waals surface area contributed by atoms with E-state index in [4.69, 9.17) is 37.0 Å². The molecule has 0 N–H and O–H groups in total. The predicted molar refractivity (Wildman–Crippen MR) is 647 cm³/mol. The first-order valence-corrected chi connectivity index (χ1v) is 48.1. The minimum absolute atomic E-state index is 0.0131. The van der Waals surface area contributed by atoms with Gasteiger partial charge in [-0.05, 0) is 382 Å². The van der Waals surface area contributed by atoms with Crippen LogP contribution in [-0.2, 0) is 0 Å². The fraction of sp³-hybridized carbons (Fsp3) is 0. The van der Waals surface area contributed by atoms with E-state index in [9.17, 15) is 34.3 Å². The van der Waals surface area contributed by atoms with Crippen LogP contribution in [0, 0.1) is 0 Å². The summed E-state index contributed by atoms with van der Waals surface area (Å²) in [6, 6.07) is 37.9. The lowest BCUT2D eigenvalue weighted by Crippen LogP contribution is -1.92. The van der Waals surface area contributed by atoms with Gasteiger partial charge in [-0.3, -0.25) is 0 Å². The second-order valence-electron chi connectivity index (χ2n) is 36.8. The molecule has 0 spiro atoms. The summed E-state index contributed by atoms with van der Waals surface area (Å²) in [6.07, 6.45) is 0. The van der Waals surface area contributed by atoms with Crippen LogP contribution in [0.2, 0.25) is 0 Å². The van der Waals surface area contributed by atoms with Crippen molar-refractivity contribution in [1.82, 2.24) is 0 Å². The second kappa shape index (κ2) is 34.1. The van der Waals surface area contributed by atoms with Gasteiger partial charge >= 0.3 is 0 Å². The van der Waals surface area contributed by atoms with Crippen molar-refractivity contribution < 1.29 is 71.3 Å². The van der Waals surface area contributed by atoms with Crippen LogP contribution >= 0.6 is 0 Å². The molecule has 0 unspecified atom stereocenters. The third-order valence-electron chi connectivity index (χ3n) is 28.6. The van der Waals surface area contributed by atoms with Gasteiger partial charge in [0.1, 0.15) is 0 Å². The van der Waals surface area contributed by atoms with Crippen LogP contribution in [0.5, 0.6) is 0 Å². The van der Waals surface area contributed by atoms with Crippen LogP contribution in [0.15, 0.2) is 545 Å². The SMILES string of the molecule is [2H]c1c([2H])c([2H])c(-c2ccc3ccc4cccc5ccc2c3c45)c(-c2cc(-c3ccccc3)c([2H])c(-c3ccc4ccc5cccc6ccc3c4c56)c2[2H])c1[2H].[2H]c1cc2c([2H])c([2H])c3c([2H])c([2H])c(-c4c([2H])c(-c5c([2H])c([2H])c([2H])c([2H])c5[2H])c([2H])c(-c5c([2H])c([2H])c([2H])c([2H])c5-c5c([2H])c([2H])c6c([2H])c([2H])c7c([2H])c([2H])c([2H])c8c([2H])c([2H])c5c6c78)c4[2H])c4c([2H])c([2H])c(c1[2H])c2c34.[2H]c1cc2c([2H])c([2H])c3c([2H])c([2H])c(-c4cc(-c5ccccc5)cc(-c5ccccc5-c5c([2H])c([2H])c6c([2H])c([2H])c7c([2H])c([2H])c([2H])c8c([2H])c([2H])c5c6c78)c4)c4c([2H])c([2H])c(c1[2H])c2c34. The highest BCUT2D eigenvalue weighted by atomic mass is 14.3. The van der Waals surface area contributed by atoms with Gasteiger partial charge in [-0.1, -0.05) is 490 Å². The van der Waals surface area contributed by atoms with E-state index < -0.39 is 336 Å². The van der Waals surface area contributed by atoms with E-state index in [1.54, 1.807) is 42.5 Å². The molecule has 150 heavy (non-hydrogen) atoms. The molecule has 0 aromatic heterocycles. The summed E-state index contributed by atoms with van der Waals surface area (Å²) in [5, 5.41) is 7.56. The normalized spacial score (nSPS) is 16.9. The van der Waals surface area contributed by atoms with Gasteiger partial charge in [0.2, 0.25) is 0 Å². The van der Waals surface area contributed by atoms with E-state index in [2.05, 4.69) is 78.9 Å². The Morgan fingerprint density at radius 3 is 0.913 bits per heavy atom. The molecule has 0 amide bonds. The topological polar surface area (TPSA) is 0 Å². The van der Waals surface area contributed by atoms with Gasteiger partial charge in [0.15, 0.2) is 0 Å². The molecule has 33 rings (SSSR count). The van der Waals surface area contributed by atoms with Crippen molar-refractivity contribution in [3.8, 4) is 134 Å². The Balaban J connectivity index is 0.000000127. The number of hydrogen-bond donors (Lipinski definition) is 0. The first-order chi connectivity index (χ1) is 96.1. The second-order valence-corrected chi connectivity index (χ2v) is 36.8. The Labute approximate surface area is 939 Å².